The maximum Gasteiger partial charge on any atom is 0.176 e. The van der Waals surface area contributed by atoms with Crippen LogP contribution in [0.15, 0.2) is 78.4 Å². The Morgan fingerprint density at radius 1 is 0.781 bits per heavy atom. The van der Waals surface area contributed by atoms with Crippen molar-refractivity contribution >= 4 is 35.9 Å². The van der Waals surface area contributed by atoms with E-state index in [1.807, 2.05) is 0 Å². The Bertz CT molecular complexity index is 1130. The average molecular weight is 446 g/mol. The van der Waals surface area contributed by atoms with Gasteiger partial charge in [-0.25, -0.2) is 4.39 Å². The summed E-state index contributed by atoms with van der Waals surface area (Å²) in [4.78, 5) is 14.8. The number of likely N-dealkylation sites (tertiary alicyclic amines) is 1. The smallest absolute Gasteiger partial charge is 0.176 e. The number of ketones is 1. The first-order valence-corrected chi connectivity index (χ1v) is 10.8. The third kappa shape index (κ3) is 4.45. The highest BCUT2D eigenvalue weighted by molar-refractivity contribution is 5.97. The number of hydrogen-bond acceptors (Lipinski definition) is 2. The number of carbonyl (C=O) groups is 1. The Balaban J connectivity index is 0.00000245. The van der Waals surface area contributed by atoms with E-state index >= 15 is 0 Å². The summed E-state index contributed by atoms with van der Waals surface area (Å²) < 4.78 is 13.1. The lowest BCUT2D eigenvalue weighted by Crippen LogP contribution is -2.35. The molecule has 162 valence electrons. The summed E-state index contributed by atoms with van der Waals surface area (Å²) >= 11 is 0. The minimum Gasteiger partial charge on any atom is -0.295 e. The number of piperidine rings is 1. The van der Waals surface area contributed by atoms with Gasteiger partial charge in [0, 0.05) is 18.7 Å². The summed E-state index contributed by atoms with van der Waals surface area (Å²) in [5.74, 6) is -0.269. The minimum atomic E-state index is -0.316. The van der Waals surface area contributed by atoms with Crippen LogP contribution in [0.4, 0.5) is 4.39 Å². The van der Waals surface area contributed by atoms with Crippen molar-refractivity contribution in [3.8, 4) is 0 Å². The molecular formula is C28H25ClFNO. The normalized spacial score (nSPS) is 15.4. The lowest BCUT2D eigenvalue weighted by atomic mass is 9.86. The second kappa shape index (κ2) is 9.64. The number of rotatable bonds is 3. The Hall–Kier alpha value is -3.01. The summed E-state index contributed by atoms with van der Waals surface area (Å²) in [6.45, 7) is 2.08. The van der Waals surface area contributed by atoms with Gasteiger partial charge in [0.25, 0.3) is 0 Å². The fraction of sp³-hybridized carbons (Fsp3) is 0.179. The van der Waals surface area contributed by atoms with E-state index in [-0.39, 0.29) is 24.0 Å². The first kappa shape index (κ1) is 22.2. The van der Waals surface area contributed by atoms with Crippen LogP contribution in [-0.4, -0.2) is 30.3 Å². The quantitative estimate of drug-likeness (QED) is 0.335. The molecule has 1 aliphatic heterocycles. The second-order valence-corrected chi connectivity index (χ2v) is 8.19. The third-order valence-corrected chi connectivity index (χ3v) is 6.25. The van der Waals surface area contributed by atoms with Crippen molar-refractivity contribution < 1.29 is 9.18 Å². The summed E-state index contributed by atoms with van der Waals surface area (Å²) in [6.07, 6.45) is 6.29. The monoisotopic (exact) mass is 445 g/mol. The predicted octanol–water partition coefficient (Wildman–Crippen LogP) is 6.51. The fourth-order valence-electron chi connectivity index (χ4n) is 4.61. The highest BCUT2D eigenvalue weighted by Crippen LogP contribution is 2.38. The van der Waals surface area contributed by atoms with Crippen molar-refractivity contribution in [3.05, 3.63) is 112 Å². The van der Waals surface area contributed by atoms with Crippen LogP contribution in [0.2, 0.25) is 0 Å². The van der Waals surface area contributed by atoms with Gasteiger partial charge < -0.3 is 0 Å². The molecule has 0 unspecified atom stereocenters. The number of carbonyl (C=O) groups excluding carboxylic acids is 1. The molecule has 1 heterocycles. The van der Waals surface area contributed by atoms with Crippen molar-refractivity contribution in [1.82, 2.24) is 4.90 Å². The Labute approximate surface area is 194 Å². The van der Waals surface area contributed by atoms with Crippen LogP contribution < -0.4 is 0 Å². The van der Waals surface area contributed by atoms with Gasteiger partial charge in [-0.3, -0.25) is 9.69 Å². The summed E-state index contributed by atoms with van der Waals surface area (Å²) in [7, 11) is 0. The number of benzene rings is 3. The molecular weight excluding hydrogens is 421 g/mol. The van der Waals surface area contributed by atoms with Crippen molar-refractivity contribution in [3.63, 3.8) is 0 Å². The molecule has 0 amide bonds. The molecule has 0 aromatic heterocycles. The molecule has 2 nitrogen and oxygen atoms in total. The maximum atomic E-state index is 13.1. The molecule has 4 heteroatoms. The van der Waals surface area contributed by atoms with Gasteiger partial charge in [-0.1, -0.05) is 66.3 Å². The van der Waals surface area contributed by atoms with Crippen LogP contribution >= 0.6 is 12.4 Å². The molecule has 0 N–H and O–H groups in total. The molecule has 0 atom stereocenters. The number of Topliss-reactive ketones (excluding diaryl/α,β-unsaturated/α-hetero) is 1. The topological polar surface area (TPSA) is 20.3 Å². The molecule has 2 aliphatic rings. The molecule has 0 saturated carbocycles. The lowest BCUT2D eigenvalue weighted by molar-refractivity contribution is 0.0925. The van der Waals surface area contributed by atoms with E-state index in [9.17, 15) is 9.18 Å². The summed E-state index contributed by atoms with van der Waals surface area (Å²) in [5, 5.41) is 0. The van der Waals surface area contributed by atoms with Gasteiger partial charge in [-0.2, -0.15) is 0 Å². The van der Waals surface area contributed by atoms with Gasteiger partial charge in [0.2, 0.25) is 0 Å². The molecule has 3 aromatic rings. The van der Waals surface area contributed by atoms with E-state index in [4.69, 9.17) is 0 Å². The van der Waals surface area contributed by atoms with Crippen LogP contribution in [0.5, 0.6) is 0 Å². The van der Waals surface area contributed by atoms with Gasteiger partial charge in [0.05, 0.1) is 6.54 Å². The van der Waals surface area contributed by atoms with Crippen molar-refractivity contribution in [2.45, 2.75) is 12.8 Å². The standard InChI is InChI=1S/C28H24FNO.ClH/c29-24-13-11-22(12-14-24)27(31)19-30-17-15-23(16-18-30)28-25-7-3-1-5-20(25)9-10-21-6-2-4-8-26(21)28;/h1-14H,15-19H2;1H. The number of nitrogens with zero attached hydrogens (tertiary/aromatic N) is 1. The first-order valence-electron chi connectivity index (χ1n) is 10.8. The van der Waals surface area contributed by atoms with Gasteiger partial charge in [-0.15, -0.1) is 12.4 Å². The predicted molar refractivity (Wildman–Crippen MR) is 131 cm³/mol. The first-order chi connectivity index (χ1) is 15.2. The molecule has 3 aromatic carbocycles. The summed E-state index contributed by atoms with van der Waals surface area (Å²) in [5.41, 5.74) is 8.44. The van der Waals surface area contributed by atoms with Gasteiger partial charge in [0.1, 0.15) is 5.82 Å². The molecule has 0 spiro atoms. The molecule has 1 fully saturated rings. The molecule has 0 radical (unpaired) electrons. The van der Waals surface area contributed by atoms with E-state index in [0.29, 0.717) is 12.1 Å². The Morgan fingerprint density at radius 3 is 1.88 bits per heavy atom. The Kier molecular flexibility index (Phi) is 6.69. The second-order valence-electron chi connectivity index (χ2n) is 8.19. The SMILES string of the molecule is Cl.O=C(CN1CCC(=C2c3ccccc3C=Cc3ccccc32)CC1)c1ccc(F)cc1. The highest BCUT2D eigenvalue weighted by Gasteiger charge is 2.23. The average Bonchev–Trinajstić information content (AvgIpc) is 2.97. The molecule has 1 aliphatic carbocycles. The van der Waals surface area contributed by atoms with Gasteiger partial charge >= 0.3 is 0 Å². The molecule has 0 bridgehead atoms. The van der Waals surface area contributed by atoms with Gasteiger partial charge in [0.15, 0.2) is 5.78 Å². The van der Waals surface area contributed by atoms with Crippen molar-refractivity contribution in [2.75, 3.05) is 19.6 Å². The molecule has 32 heavy (non-hydrogen) atoms. The van der Waals surface area contributed by atoms with E-state index in [0.717, 1.165) is 25.9 Å². The zero-order chi connectivity index (χ0) is 21.2. The highest BCUT2D eigenvalue weighted by atomic mass is 35.5. The minimum absolute atomic E-state index is 0. The van der Waals surface area contributed by atoms with E-state index in [1.54, 1.807) is 12.1 Å². The van der Waals surface area contributed by atoms with Gasteiger partial charge in [-0.05, 0) is 64.9 Å². The number of halogens is 2. The Morgan fingerprint density at radius 2 is 1.31 bits per heavy atom. The van der Waals surface area contributed by atoms with E-state index < -0.39 is 0 Å². The van der Waals surface area contributed by atoms with Crippen LogP contribution in [0, 0.1) is 5.82 Å². The zero-order valence-electron chi connectivity index (χ0n) is 17.8. The third-order valence-electron chi connectivity index (χ3n) is 6.25. The van der Waals surface area contributed by atoms with Crippen LogP contribution in [0.3, 0.4) is 0 Å². The largest absolute Gasteiger partial charge is 0.295 e. The van der Waals surface area contributed by atoms with Crippen LogP contribution in [-0.2, 0) is 0 Å². The maximum absolute atomic E-state index is 13.1. The number of fused-ring (bicyclic) bond motifs is 2. The van der Waals surface area contributed by atoms with Crippen LogP contribution in [0.25, 0.3) is 17.7 Å². The zero-order valence-corrected chi connectivity index (χ0v) is 18.6. The number of hydrogen-bond donors (Lipinski definition) is 0. The molecule has 1 saturated heterocycles. The summed E-state index contributed by atoms with van der Waals surface area (Å²) in [6, 6.07) is 23.0. The van der Waals surface area contributed by atoms with E-state index in [2.05, 4.69) is 65.6 Å². The van der Waals surface area contributed by atoms with Crippen molar-refractivity contribution in [1.29, 1.82) is 0 Å². The van der Waals surface area contributed by atoms with E-state index in [1.165, 1.54) is 45.5 Å². The molecule has 5 rings (SSSR count). The van der Waals surface area contributed by atoms with Crippen LogP contribution in [0.1, 0.15) is 45.5 Å². The van der Waals surface area contributed by atoms with Crippen molar-refractivity contribution in [2.24, 2.45) is 0 Å². The fourth-order valence-corrected chi connectivity index (χ4v) is 4.61. The lowest BCUT2D eigenvalue weighted by Gasteiger charge is -2.30.